The average Bonchev–Trinajstić information content (AvgIpc) is 3.03. The van der Waals surface area contributed by atoms with E-state index >= 15 is 0 Å². The lowest BCUT2D eigenvalue weighted by molar-refractivity contribution is -0.148. The Morgan fingerprint density at radius 1 is 1.27 bits per heavy atom. The highest BCUT2D eigenvalue weighted by Gasteiger charge is 2.44. The molecule has 1 unspecified atom stereocenters. The predicted octanol–water partition coefficient (Wildman–Crippen LogP) is 1.97. The molecule has 30 heavy (non-hydrogen) atoms. The van der Waals surface area contributed by atoms with Crippen molar-refractivity contribution in [3.8, 4) is 0 Å². The Kier molecular flexibility index (Phi) is 9.75. The van der Waals surface area contributed by atoms with Crippen molar-refractivity contribution in [2.75, 3.05) is 27.7 Å². The van der Waals surface area contributed by atoms with Gasteiger partial charge >= 0.3 is 5.97 Å². The largest absolute Gasteiger partial charge is 0.481 e. The molecule has 1 aliphatic rings. The van der Waals surface area contributed by atoms with Crippen molar-refractivity contribution >= 4 is 17.8 Å². The summed E-state index contributed by atoms with van der Waals surface area (Å²) in [4.78, 5) is 41.5. The maximum atomic E-state index is 13.5. The summed E-state index contributed by atoms with van der Waals surface area (Å²) in [5, 5.41) is 12.3. The zero-order valence-corrected chi connectivity index (χ0v) is 19.9. The lowest BCUT2D eigenvalue weighted by atomic mass is 9.89. The standard InChI is InChI=1S/C22H41N3O5/c1-9-15(4)19(16(30-8)13-17(26)27)25(7)20(28)18(14(2)3)23-21(29)22(5)11-10-12-24(22)6/h14-16,18-19H,9-13H2,1-8H3,(H,23,29)(H,26,27)/t15-,16?,18-,19-,22-/m0/s1. The molecule has 1 saturated heterocycles. The first-order chi connectivity index (χ1) is 13.9. The summed E-state index contributed by atoms with van der Waals surface area (Å²) in [5.74, 6) is -1.42. The van der Waals surface area contributed by atoms with Crippen molar-refractivity contribution in [2.24, 2.45) is 11.8 Å². The van der Waals surface area contributed by atoms with Crippen LogP contribution in [-0.2, 0) is 19.1 Å². The number of ether oxygens (including phenoxy) is 1. The molecular weight excluding hydrogens is 386 g/mol. The molecule has 8 heteroatoms. The van der Waals surface area contributed by atoms with E-state index in [0.717, 1.165) is 25.8 Å². The van der Waals surface area contributed by atoms with Crippen LogP contribution in [0, 0.1) is 11.8 Å². The van der Waals surface area contributed by atoms with Crippen LogP contribution in [0.1, 0.15) is 60.3 Å². The van der Waals surface area contributed by atoms with Gasteiger partial charge in [0.15, 0.2) is 0 Å². The molecule has 1 rings (SSSR count). The van der Waals surface area contributed by atoms with E-state index in [4.69, 9.17) is 4.74 Å². The van der Waals surface area contributed by atoms with Gasteiger partial charge in [0.25, 0.3) is 0 Å². The Labute approximate surface area is 181 Å². The number of likely N-dealkylation sites (N-methyl/N-ethyl adjacent to an activating group) is 2. The number of hydrogen-bond acceptors (Lipinski definition) is 5. The summed E-state index contributed by atoms with van der Waals surface area (Å²) in [6, 6.07) is -1.10. The molecule has 174 valence electrons. The first kappa shape index (κ1) is 26.4. The molecule has 5 atom stereocenters. The third-order valence-corrected chi connectivity index (χ3v) is 6.79. The zero-order valence-electron chi connectivity index (χ0n) is 19.9. The van der Waals surface area contributed by atoms with Crippen molar-refractivity contribution < 1.29 is 24.2 Å². The molecule has 8 nitrogen and oxygen atoms in total. The second kappa shape index (κ2) is 11.1. The van der Waals surface area contributed by atoms with Crippen molar-refractivity contribution in [3.63, 3.8) is 0 Å². The van der Waals surface area contributed by atoms with Gasteiger partial charge in [-0.15, -0.1) is 0 Å². The van der Waals surface area contributed by atoms with Crippen molar-refractivity contribution in [2.45, 2.75) is 84.0 Å². The molecule has 0 aromatic rings. The fourth-order valence-electron chi connectivity index (χ4n) is 4.32. The van der Waals surface area contributed by atoms with Gasteiger partial charge in [0.2, 0.25) is 11.8 Å². The Balaban J connectivity index is 3.11. The number of carboxylic acids is 1. The quantitative estimate of drug-likeness (QED) is 0.523. The van der Waals surface area contributed by atoms with E-state index in [0.29, 0.717) is 0 Å². The van der Waals surface area contributed by atoms with Crippen molar-refractivity contribution in [1.82, 2.24) is 15.1 Å². The van der Waals surface area contributed by atoms with E-state index in [1.165, 1.54) is 7.11 Å². The number of carbonyl (C=O) groups is 3. The Bertz CT molecular complexity index is 612. The first-order valence-electron chi connectivity index (χ1n) is 10.9. The van der Waals surface area contributed by atoms with Crippen molar-refractivity contribution in [3.05, 3.63) is 0 Å². The highest BCUT2D eigenvalue weighted by atomic mass is 16.5. The molecule has 1 aliphatic heterocycles. The van der Waals surface area contributed by atoms with Gasteiger partial charge in [-0.2, -0.15) is 0 Å². The monoisotopic (exact) mass is 427 g/mol. The minimum Gasteiger partial charge on any atom is -0.481 e. The first-order valence-corrected chi connectivity index (χ1v) is 10.9. The van der Waals surface area contributed by atoms with Crippen molar-refractivity contribution in [1.29, 1.82) is 0 Å². The van der Waals surface area contributed by atoms with Gasteiger partial charge in [-0.05, 0) is 45.2 Å². The number of rotatable bonds is 11. The fourth-order valence-corrected chi connectivity index (χ4v) is 4.32. The molecule has 0 aromatic carbocycles. The summed E-state index contributed by atoms with van der Waals surface area (Å²) >= 11 is 0. The van der Waals surface area contributed by atoms with Crippen LogP contribution in [0.4, 0.5) is 0 Å². The topological polar surface area (TPSA) is 99.2 Å². The molecule has 1 heterocycles. The van der Waals surface area contributed by atoms with Gasteiger partial charge in [0.1, 0.15) is 6.04 Å². The van der Waals surface area contributed by atoms with Gasteiger partial charge in [0.05, 0.1) is 24.1 Å². The van der Waals surface area contributed by atoms with E-state index < -0.39 is 29.7 Å². The molecule has 0 aliphatic carbocycles. The van der Waals surface area contributed by atoms with Crippen LogP contribution in [0.5, 0.6) is 0 Å². The van der Waals surface area contributed by atoms with Gasteiger partial charge in [-0.1, -0.05) is 34.1 Å². The molecule has 0 bridgehead atoms. The third kappa shape index (κ3) is 5.94. The van der Waals surface area contributed by atoms with Crippen LogP contribution < -0.4 is 5.32 Å². The predicted molar refractivity (Wildman–Crippen MR) is 116 cm³/mol. The van der Waals surface area contributed by atoms with Gasteiger partial charge in [-0.3, -0.25) is 19.3 Å². The van der Waals surface area contributed by atoms with Crippen LogP contribution in [0.3, 0.4) is 0 Å². The van der Waals surface area contributed by atoms with E-state index in [1.807, 2.05) is 46.6 Å². The molecule has 2 amide bonds. The molecule has 0 aromatic heterocycles. The van der Waals surface area contributed by atoms with Crippen LogP contribution in [0.15, 0.2) is 0 Å². The van der Waals surface area contributed by atoms with Gasteiger partial charge < -0.3 is 20.1 Å². The number of carbonyl (C=O) groups excluding carboxylic acids is 2. The maximum Gasteiger partial charge on any atom is 0.306 e. The fraction of sp³-hybridized carbons (Fsp3) is 0.864. The SMILES string of the molecule is CC[C@H](C)[C@@H](C(CC(=O)O)OC)N(C)C(=O)[C@@H](NC(=O)[C@]1(C)CCCN1C)C(C)C. The number of nitrogens with one attached hydrogen (secondary N) is 1. The molecule has 0 radical (unpaired) electrons. The molecule has 1 fully saturated rings. The summed E-state index contributed by atoms with van der Waals surface area (Å²) < 4.78 is 5.48. The lowest BCUT2D eigenvalue weighted by Crippen LogP contribution is -2.61. The van der Waals surface area contributed by atoms with Gasteiger partial charge in [-0.25, -0.2) is 0 Å². The minimum absolute atomic E-state index is 0.0326. The smallest absolute Gasteiger partial charge is 0.306 e. The normalized spacial score (nSPS) is 23.6. The second-order valence-corrected chi connectivity index (χ2v) is 9.19. The Morgan fingerprint density at radius 3 is 2.27 bits per heavy atom. The molecule has 0 spiro atoms. The van der Waals surface area contributed by atoms with Crippen LogP contribution in [-0.4, -0.2) is 84.2 Å². The molecular formula is C22H41N3O5. The highest BCUT2D eigenvalue weighted by Crippen LogP contribution is 2.28. The molecule has 0 saturated carbocycles. The number of methoxy groups -OCH3 is 1. The number of nitrogens with zero attached hydrogens (tertiary/aromatic N) is 2. The average molecular weight is 428 g/mol. The van der Waals surface area contributed by atoms with E-state index in [1.54, 1.807) is 11.9 Å². The zero-order chi connectivity index (χ0) is 23.2. The Hall–Kier alpha value is -1.67. The highest BCUT2D eigenvalue weighted by molar-refractivity contribution is 5.92. The number of hydrogen-bond donors (Lipinski definition) is 2. The summed E-state index contributed by atoms with van der Waals surface area (Å²) in [7, 11) is 5.08. The number of aliphatic carboxylic acids is 1. The number of carboxylic acid groups (broad SMARTS) is 1. The second-order valence-electron chi connectivity index (χ2n) is 9.19. The molecule has 2 N–H and O–H groups in total. The summed E-state index contributed by atoms with van der Waals surface area (Å²) in [6.07, 6.45) is 1.65. The third-order valence-electron chi connectivity index (χ3n) is 6.79. The van der Waals surface area contributed by atoms with E-state index in [-0.39, 0.29) is 30.1 Å². The van der Waals surface area contributed by atoms with E-state index in [2.05, 4.69) is 5.32 Å². The summed E-state index contributed by atoms with van der Waals surface area (Å²) in [5.41, 5.74) is -0.625. The lowest BCUT2D eigenvalue weighted by Gasteiger charge is -2.40. The maximum absolute atomic E-state index is 13.5. The van der Waals surface area contributed by atoms with E-state index in [9.17, 15) is 19.5 Å². The summed E-state index contributed by atoms with van der Waals surface area (Å²) in [6.45, 7) is 10.6. The van der Waals surface area contributed by atoms with Gasteiger partial charge in [0, 0.05) is 14.2 Å². The van der Waals surface area contributed by atoms with Crippen LogP contribution >= 0.6 is 0 Å². The minimum atomic E-state index is -0.970. The number of likely N-dealkylation sites (tertiary alicyclic amines) is 1. The van der Waals surface area contributed by atoms with Crippen LogP contribution in [0.25, 0.3) is 0 Å². The number of amides is 2. The van der Waals surface area contributed by atoms with Crippen LogP contribution in [0.2, 0.25) is 0 Å². The Morgan fingerprint density at radius 2 is 1.87 bits per heavy atom.